The van der Waals surface area contributed by atoms with Crippen LogP contribution < -0.4 is 9.80 Å². The van der Waals surface area contributed by atoms with Gasteiger partial charge in [-0.05, 0) is 55.5 Å². The van der Waals surface area contributed by atoms with Gasteiger partial charge in [0.05, 0.1) is 16.6 Å². The summed E-state index contributed by atoms with van der Waals surface area (Å²) in [6.45, 7) is 5.98. The number of alkyl halides is 3. The van der Waals surface area contributed by atoms with Crippen LogP contribution in [0.15, 0.2) is 54.6 Å². The number of benzene rings is 2. The molecule has 8 heteroatoms. The molecule has 2 aliphatic rings. The summed E-state index contributed by atoms with van der Waals surface area (Å²) in [6, 6.07) is 15.1. The van der Waals surface area contributed by atoms with Gasteiger partial charge in [0.25, 0.3) is 5.91 Å². The van der Waals surface area contributed by atoms with Gasteiger partial charge in [-0.2, -0.15) is 13.2 Å². The molecule has 1 aliphatic heterocycles. The first kappa shape index (κ1) is 24.4. The molecule has 2 aromatic carbocycles. The van der Waals surface area contributed by atoms with Crippen molar-refractivity contribution in [2.45, 2.75) is 32.4 Å². The van der Waals surface area contributed by atoms with Gasteiger partial charge in [0.2, 0.25) is 0 Å². The lowest BCUT2D eigenvalue weighted by Gasteiger charge is -2.37. The number of fused-ring (bicyclic) bond motifs is 1. The molecule has 1 saturated carbocycles. The molecule has 1 aromatic heterocycles. The van der Waals surface area contributed by atoms with Crippen LogP contribution in [0.5, 0.6) is 0 Å². The van der Waals surface area contributed by atoms with E-state index in [1.54, 1.807) is 6.07 Å². The highest BCUT2D eigenvalue weighted by Crippen LogP contribution is 2.33. The highest BCUT2D eigenvalue weighted by atomic mass is 19.4. The summed E-state index contributed by atoms with van der Waals surface area (Å²) in [5.74, 6) is 1.40. The Morgan fingerprint density at radius 1 is 1.00 bits per heavy atom. The van der Waals surface area contributed by atoms with Crippen molar-refractivity contribution >= 4 is 28.3 Å². The van der Waals surface area contributed by atoms with Crippen LogP contribution in [0.2, 0.25) is 0 Å². The zero-order chi connectivity index (χ0) is 25.3. The molecular weight excluding hydrogens is 465 g/mol. The number of para-hydroxylation sites is 1. The summed E-state index contributed by atoms with van der Waals surface area (Å²) in [5.41, 5.74) is 1.39. The Balaban J connectivity index is 1.38. The first-order valence-electron chi connectivity index (χ1n) is 12.7. The fraction of sp³-hybridized carbons (Fsp3) is 0.429. The molecule has 3 aromatic rings. The summed E-state index contributed by atoms with van der Waals surface area (Å²) >= 11 is 0. The quantitative estimate of drug-likeness (QED) is 0.412. The van der Waals surface area contributed by atoms with Crippen LogP contribution in [0.25, 0.3) is 10.9 Å². The van der Waals surface area contributed by atoms with Gasteiger partial charge in [-0.3, -0.25) is 4.79 Å². The number of hydrogen-bond donors (Lipinski definition) is 0. The summed E-state index contributed by atoms with van der Waals surface area (Å²) in [6.07, 6.45) is -1.08. The van der Waals surface area contributed by atoms with Crippen LogP contribution in [0, 0.1) is 5.92 Å². The van der Waals surface area contributed by atoms with E-state index in [-0.39, 0.29) is 5.91 Å². The molecule has 0 spiro atoms. The van der Waals surface area contributed by atoms with Crippen molar-refractivity contribution in [2.24, 2.45) is 5.92 Å². The largest absolute Gasteiger partial charge is 0.416 e. The predicted octanol–water partition coefficient (Wildman–Crippen LogP) is 5.84. The van der Waals surface area contributed by atoms with Gasteiger partial charge in [0.15, 0.2) is 0 Å². The summed E-state index contributed by atoms with van der Waals surface area (Å²) in [5, 5.41) is 0.853. The van der Waals surface area contributed by atoms with Crippen LogP contribution in [-0.4, -0.2) is 55.1 Å². The Morgan fingerprint density at radius 3 is 2.42 bits per heavy atom. The van der Waals surface area contributed by atoms with Crippen LogP contribution in [0.4, 0.5) is 24.7 Å². The molecular formula is C28H31F3N4O. The van der Waals surface area contributed by atoms with Gasteiger partial charge in [0, 0.05) is 50.3 Å². The zero-order valence-corrected chi connectivity index (χ0v) is 20.5. The normalized spacial score (nSPS) is 16.4. The van der Waals surface area contributed by atoms with Gasteiger partial charge in [-0.25, -0.2) is 4.98 Å². The van der Waals surface area contributed by atoms with Crippen molar-refractivity contribution < 1.29 is 18.0 Å². The third kappa shape index (κ3) is 5.27. The smallest absolute Gasteiger partial charge is 0.368 e. The monoisotopic (exact) mass is 496 g/mol. The van der Waals surface area contributed by atoms with E-state index in [0.29, 0.717) is 43.3 Å². The fourth-order valence-electron chi connectivity index (χ4n) is 4.90. The number of nitrogens with zero attached hydrogens (tertiary/aromatic N) is 4. The van der Waals surface area contributed by atoms with Crippen molar-refractivity contribution in [3.05, 3.63) is 65.7 Å². The lowest BCUT2D eigenvalue weighted by molar-refractivity contribution is -0.137. The lowest BCUT2D eigenvalue weighted by atomic mass is 10.1. The maximum atomic E-state index is 13.7. The van der Waals surface area contributed by atoms with E-state index >= 15 is 0 Å². The van der Waals surface area contributed by atoms with Crippen LogP contribution in [-0.2, 0) is 6.18 Å². The first-order chi connectivity index (χ1) is 17.3. The standard InChI is InChI=1S/C28H31F3N4O/c1-2-12-35(19-20-10-11-20)27(36)24-18-26(32-25-9-4-3-8-23(24)25)34-15-13-33(14-16-34)22-7-5-6-21(17-22)28(29,30)31/h3-9,17-18,20H,2,10-16,19H2,1H3. The summed E-state index contributed by atoms with van der Waals surface area (Å²) in [7, 11) is 0. The molecule has 0 unspecified atom stereocenters. The molecule has 5 rings (SSSR count). The third-order valence-electron chi connectivity index (χ3n) is 7.03. The molecule has 0 bridgehead atoms. The maximum absolute atomic E-state index is 13.7. The molecule has 1 saturated heterocycles. The number of piperazine rings is 1. The van der Waals surface area contributed by atoms with E-state index in [1.807, 2.05) is 40.1 Å². The molecule has 0 radical (unpaired) electrons. The van der Waals surface area contributed by atoms with E-state index in [0.717, 1.165) is 42.3 Å². The highest BCUT2D eigenvalue weighted by molar-refractivity contribution is 6.07. The minimum Gasteiger partial charge on any atom is -0.368 e. The van der Waals surface area contributed by atoms with Crippen molar-refractivity contribution in [2.75, 3.05) is 49.1 Å². The number of carbonyl (C=O) groups is 1. The highest BCUT2D eigenvalue weighted by Gasteiger charge is 2.32. The van der Waals surface area contributed by atoms with Crippen molar-refractivity contribution in [1.82, 2.24) is 9.88 Å². The number of hydrogen-bond acceptors (Lipinski definition) is 4. The van der Waals surface area contributed by atoms with E-state index in [9.17, 15) is 18.0 Å². The zero-order valence-electron chi connectivity index (χ0n) is 20.5. The first-order valence-corrected chi connectivity index (χ1v) is 12.7. The Hall–Kier alpha value is -3.29. The van der Waals surface area contributed by atoms with Gasteiger partial charge < -0.3 is 14.7 Å². The molecule has 1 aliphatic carbocycles. The number of rotatable bonds is 7. The minimum atomic E-state index is -4.36. The number of aromatic nitrogens is 1. The topological polar surface area (TPSA) is 39.7 Å². The molecule has 0 atom stereocenters. The summed E-state index contributed by atoms with van der Waals surface area (Å²) in [4.78, 5) is 24.6. The van der Waals surface area contributed by atoms with Gasteiger partial charge >= 0.3 is 6.18 Å². The van der Waals surface area contributed by atoms with Gasteiger partial charge in [0.1, 0.15) is 5.82 Å². The van der Waals surface area contributed by atoms with Crippen LogP contribution >= 0.6 is 0 Å². The second-order valence-electron chi connectivity index (χ2n) is 9.76. The van der Waals surface area contributed by atoms with Crippen LogP contribution in [0.3, 0.4) is 0 Å². The van der Waals surface area contributed by atoms with E-state index in [1.165, 1.54) is 25.0 Å². The molecule has 5 nitrogen and oxygen atoms in total. The Bertz CT molecular complexity index is 1230. The second-order valence-corrected chi connectivity index (χ2v) is 9.76. The Labute approximate surface area is 209 Å². The lowest BCUT2D eigenvalue weighted by Crippen LogP contribution is -2.47. The number of halogens is 3. The van der Waals surface area contributed by atoms with Crippen LogP contribution in [0.1, 0.15) is 42.1 Å². The fourth-order valence-corrected chi connectivity index (χ4v) is 4.90. The molecule has 36 heavy (non-hydrogen) atoms. The predicted molar refractivity (Wildman–Crippen MR) is 137 cm³/mol. The number of pyridine rings is 1. The Kier molecular flexibility index (Phi) is 6.77. The SMILES string of the molecule is CCCN(CC1CC1)C(=O)c1cc(N2CCN(c3cccc(C(F)(F)F)c3)CC2)nc2ccccc12. The molecule has 0 N–H and O–H groups in total. The molecule has 2 heterocycles. The summed E-state index contributed by atoms with van der Waals surface area (Å²) < 4.78 is 39.5. The average Bonchev–Trinajstić information content (AvgIpc) is 3.71. The third-order valence-corrected chi connectivity index (χ3v) is 7.03. The minimum absolute atomic E-state index is 0.0474. The van der Waals surface area contributed by atoms with Crippen molar-refractivity contribution in [1.29, 1.82) is 0 Å². The van der Waals surface area contributed by atoms with Gasteiger partial charge in [-0.1, -0.05) is 31.2 Å². The number of carbonyl (C=O) groups excluding carboxylic acids is 1. The van der Waals surface area contributed by atoms with Crippen molar-refractivity contribution in [3.63, 3.8) is 0 Å². The maximum Gasteiger partial charge on any atom is 0.416 e. The van der Waals surface area contributed by atoms with Crippen molar-refractivity contribution in [3.8, 4) is 0 Å². The van der Waals surface area contributed by atoms with E-state index in [4.69, 9.17) is 4.98 Å². The van der Waals surface area contributed by atoms with E-state index in [2.05, 4.69) is 11.8 Å². The Morgan fingerprint density at radius 2 is 1.72 bits per heavy atom. The number of anilines is 2. The molecule has 2 fully saturated rings. The van der Waals surface area contributed by atoms with Gasteiger partial charge in [-0.15, -0.1) is 0 Å². The van der Waals surface area contributed by atoms with E-state index < -0.39 is 11.7 Å². The second kappa shape index (κ2) is 9.99. The molecule has 190 valence electrons. The average molecular weight is 497 g/mol. The molecule has 1 amide bonds. The number of amides is 1.